The van der Waals surface area contributed by atoms with E-state index in [1.807, 2.05) is 7.05 Å². The summed E-state index contributed by atoms with van der Waals surface area (Å²) in [7, 11) is 1.98. The Hall–Kier alpha value is -0.120. The van der Waals surface area contributed by atoms with Gasteiger partial charge in [0.2, 0.25) is 0 Å². The molecule has 0 aromatic carbocycles. The molecular formula is C7H15NO2. The van der Waals surface area contributed by atoms with E-state index in [0.29, 0.717) is 13.3 Å². The Bertz CT molecular complexity index is 112. The molecule has 0 amide bonds. The number of likely N-dealkylation sites (N-methyl/N-ethyl adjacent to an activating group) is 1. The highest BCUT2D eigenvalue weighted by Gasteiger charge is 2.37. The first-order valence-electron chi connectivity index (χ1n) is 3.65. The van der Waals surface area contributed by atoms with Crippen molar-refractivity contribution in [3.8, 4) is 0 Å². The van der Waals surface area contributed by atoms with Crippen LogP contribution in [0, 0.1) is 0 Å². The van der Waals surface area contributed by atoms with Crippen molar-refractivity contribution in [3.05, 3.63) is 0 Å². The predicted molar refractivity (Wildman–Crippen MR) is 38.7 cm³/mol. The van der Waals surface area contributed by atoms with Crippen LogP contribution in [0.15, 0.2) is 0 Å². The molecule has 3 heteroatoms. The fourth-order valence-electron chi connectivity index (χ4n) is 1.27. The molecular weight excluding hydrogens is 130 g/mol. The molecule has 0 spiro atoms. The Morgan fingerprint density at radius 1 is 1.70 bits per heavy atom. The maximum atomic E-state index is 9.07. The Morgan fingerprint density at radius 3 is 2.60 bits per heavy atom. The highest BCUT2D eigenvalue weighted by Crippen LogP contribution is 2.23. The SMILES string of the molecule is CCC1(CO)COCN1C. The predicted octanol–water partition coefficient (Wildman–Crippen LogP) is 0.0470. The fourth-order valence-corrected chi connectivity index (χ4v) is 1.27. The lowest BCUT2D eigenvalue weighted by Crippen LogP contribution is -2.46. The summed E-state index contributed by atoms with van der Waals surface area (Å²) in [6, 6.07) is 0. The summed E-state index contributed by atoms with van der Waals surface area (Å²) in [4.78, 5) is 2.06. The maximum absolute atomic E-state index is 9.07. The Labute approximate surface area is 61.6 Å². The van der Waals surface area contributed by atoms with Gasteiger partial charge in [0.25, 0.3) is 0 Å². The van der Waals surface area contributed by atoms with E-state index in [1.165, 1.54) is 0 Å². The normalized spacial score (nSPS) is 35.1. The molecule has 0 bridgehead atoms. The van der Waals surface area contributed by atoms with Crippen molar-refractivity contribution in [2.75, 3.05) is 27.0 Å². The van der Waals surface area contributed by atoms with Gasteiger partial charge in [0, 0.05) is 0 Å². The summed E-state index contributed by atoms with van der Waals surface area (Å²) in [6.45, 7) is 3.58. The van der Waals surface area contributed by atoms with Gasteiger partial charge in [0.15, 0.2) is 0 Å². The second-order valence-corrected chi connectivity index (χ2v) is 2.91. The molecule has 1 rings (SSSR count). The number of rotatable bonds is 2. The summed E-state index contributed by atoms with van der Waals surface area (Å²) in [5.74, 6) is 0. The first-order chi connectivity index (χ1) is 4.75. The summed E-state index contributed by atoms with van der Waals surface area (Å²) >= 11 is 0. The van der Waals surface area contributed by atoms with Crippen molar-refractivity contribution in [1.29, 1.82) is 0 Å². The molecule has 1 aliphatic rings. The largest absolute Gasteiger partial charge is 0.394 e. The molecule has 1 aliphatic heterocycles. The third-order valence-electron chi connectivity index (χ3n) is 2.42. The Kier molecular flexibility index (Phi) is 2.28. The van der Waals surface area contributed by atoms with Gasteiger partial charge in [-0.1, -0.05) is 6.92 Å². The minimum Gasteiger partial charge on any atom is -0.394 e. The maximum Gasteiger partial charge on any atom is 0.0994 e. The molecule has 60 valence electrons. The number of ether oxygens (including phenoxy) is 1. The molecule has 0 saturated carbocycles. The van der Waals surface area contributed by atoms with Crippen LogP contribution in [0.3, 0.4) is 0 Å². The lowest BCUT2D eigenvalue weighted by molar-refractivity contribution is 0.0896. The summed E-state index contributed by atoms with van der Waals surface area (Å²) in [5.41, 5.74) is -0.0972. The molecule has 1 N–H and O–H groups in total. The van der Waals surface area contributed by atoms with Crippen molar-refractivity contribution >= 4 is 0 Å². The molecule has 1 saturated heterocycles. The van der Waals surface area contributed by atoms with Gasteiger partial charge in [0.1, 0.15) is 0 Å². The van der Waals surface area contributed by atoms with Crippen LogP contribution in [-0.4, -0.2) is 42.5 Å². The number of aliphatic hydroxyl groups is 1. The van der Waals surface area contributed by atoms with Gasteiger partial charge in [-0.2, -0.15) is 0 Å². The molecule has 0 radical (unpaired) electrons. The Balaban J connectivity index is 2.61. The van der Waals surface area contributed by atoms with Gasteiger partial charge in [-0.15, -0.1) is 0 Å². The van der Waals surface area contributed by atoms with Crippen LogP contribution in [0.4, 0.5) is 0 Å². The number of hydrogen-bond acceptors (Lipinski definition) is 3. The van der Waals surface area contributed by atoms with E-state index in [1.54, 1.807) is 0 Å². The molecule has 1 atom stereocenters. The van der Waals surface area contributed by atoms with Crippen molar-refractivity contribution < 1.29 is 9.84 Å². The van der Waals surface area contributed by atoms with Crippen molar-refractivity contribution in [3.63, 3.8) is 0 Å². The van der Waals surface area contributed by atoms with Gasteiger partial charge in [-0.3, -0.25) is 4.90 Å². The summed E-state index contributed by atoms with van der Waals surface area (Å²) in [6.07, 6.45) is 0.944. The quantitative estimate of drug-likeness (QED) is 0.596. The first-order valence-corrected chi connectivity index (χ1v) is 3.65. The fraction of sp³-hybridized carbons (Fsp3) is 1.00. The lowest BCUT2D eigenvalue weighted by Gasteiger charge is -2.30. The van der Waals surface area contributed by atoms with E-state index in [0.717, 1.165) is 6.42 Å². The summed E-state index contributed by atoms with van der Waals surface area (Å²) < 4.78 is 5.22. The smallest absolute Gasteiger partial charge is 0.0994 e. The van der Waals surface area contributed by atoms with Crippen LogP contribution in [-0.2, 0) is 4.74 Å². The van der Waals surface area contributed by atoms with Gasteiger partial charge < -0.3 is 9.84 Å². The van der Waals surface area contributed by atoms with Crippen molar-refractivity contribution in [1.82, 2.24) is 4.90 Å². The average Bonchev–Trinajstić information content (AvgIpc) is 2.32. The van der Waals surface area contributed by atoms with E-state index in [9.17, 15) is 0 Å². The molecule has 3 nitrogen and oxygen atoms in total. The lowest BCUT2D eigenvalue weighted by atomic mass is 9.98. The molecule has 1 heterocycles. The second kappa shape index (κ2) is 2.86. The van der Waals surface area contributed by atoms with Crippen LogP contribution < -0.4 is 0 Å². The van der Waals surface area contributed by atoms with E-state index >= 15 is 0 Å². The highest BCUT2D eigenvalue weighted by atomic mass is 16.5. The minimum atomic E-state index is -0.0972. The van der Waals surface area contributed by atoms with Crippen LogP contribution in [0.5, 0.6) is 0 Å². The third kappa shape index (κ3) is 1.05. The number of aliphatic hydroxyl groups excluding tert-OH is 1. The molecule has 0 aromatic rings. The molecule has 0 aliphatic carbocycles. The van der Waals surface area contributed by atoms with E-state index in [-0.39, 0.29) is 12.1 Å². The Morgan fingerprint density at radius 2 is 2.40 bits per heavy atom. The first kappa shape index (κ1) is 7.98. The van der Waals surface area contributed by atoms with Crippen molar-refractivity contribution in [2.45, 2.75) is 18.9 Å². The van der Waals surface area contributed by atoms with Crippen molar-refractivity contribution in [2.24, 2.45) is 0 Å². The van der Waals surface area contributed by atoms with Crippen LogP contribution in [0.2, 0.25) is 0 Å². The zero-order valence-corrected chi connectivity index (χ0v) is 6.63. The molecule has 1 fully saturated rings. The highest BCUT2D eigenvalue weighted by molar-refractivity contribution is 4.89. The molecule has 1 unspecified atom stereocenters. The standard InChI is InChI=1S/C7H15NO2/c1-3-7(4-9)5-10-6-8(7)2/h9H,3-6H2,1-2H3. The zero-order chi connectivity index (χ0) is 7.61. The van der Waals surface area contributed by atoms with Gasteiger partial charge in [-0.05, 0) is 13.5 Å². The molecule has 10 heavy (non-hydrogen) atoms. The van der Waals surface area contributed by atoms with Gasteiger partial charge in [-0.25, -0.2) is 0 Å². The van der Waals surface area contributed by atoms with Gasteiger partial charge >= 0.3 is 0 Å². The topological polar surface area (TPSA) is 32.7 Å². The summed E-state index contributed by atoms with van der Waals surface area (Å²) in [5, 5.41) is 9.07. The van der Waals surface area contributed by atoms with E-state index in [4.69, 9.17) is 9.84 Å². The van der Waals surface area contributed by atoms with Gasteiger partial charge in [0.05, 0.1) is 25.5 Å². The number of nitrogens with zero attached hydrogens (tertiary/aromatic N) is 1. The monoisotopic (exact) mass is 145 g/mol. The van der Waals surface area contributed by atoms with Crippen LogP contribution in [0.25, 0.3) is 0 Å². The van der Waals surface area contributed by atoms with E-state index < -0.39 is 0 Å². The average molecular weight is 145 g/mol. The van der Waals surface area contributed by atoms with E-state index in [2.05, 4.69) is 11.8 Å². The van der Waals surface area contributed by atoms with Crippen LogP contribution in [0.1, 0.15) is 13.3 Å². The number of hydrogen-bond donors (Lipinski definition) is 1. The minimum absolute atomic E-state index is 0.0972. The van der Waals surface area contributed by atoms with Crippen LogP contribution >= 0.6 is 0 Å². The third-order valence-corrected chi connectivity index (χ3v) is 2.42. The second-order valence-electron chi connectivity index (χ2n) is 2.91. The molecule has 0 aromatic heterocycles. The zero-order valence-electron chi connectivity index (χ0n) is 6.63.